The average molecular weight is 566 g/mol. The number of nitrogens with zero attached hydrogens (tertiary/aromatic N) is 4. The van der Waals surface area contributed by atoms with Gasteiger partial charge in [-0.25, -0.2) is 31.8 Å². The summed E-state index contributed by atoms with van der Waals surface area (Å²) in [6, 6.07) is 3.30. The van der Waals surface area contributed by atoms with Gasteiger partial charge < -0.3 is 15.2 Å². The van der Waals surface area contributed by atoms with Crippen LogP contribution in [0.3, 0.4) is 0 Å². The van der Waals surface area contributed by atoms with Gasteiger partial charge in [-0.1, -0.05) is 6.07 Å². The van der Waals surface area contributed by atoms with Gasteiger partial charge in [0.15, 0.2) is 27.6 Å². The number of sulfone groups is 1. The molecule has 0 amide bonds. The third-order valence-electron chi connectivity index (χ3n) is 4.60. The van der Waals surface area contributed by atoms with Crippen LogP contribution >= 0.6 is 0 Å². The molecular formula is C17H17F3N8O7S2. The topological polar surface area (TPSA) is 249 Å². The largest absolute Gasteiger partial charge is 0.493 e. The van der Waals surface area contributed by atoms with Crippen LogP contribution in [0.2, 0.25) is 0 Å². The Balaban J connectivity index is 2.26. The number of sulfonamides is 1. The summed E-state index contributed by atoms with van der Waals surface area (Å²) in [5.41, 5.74) is 10.7. The molecule has 15 nitrogen and oxygen atoms in total. The zero-order valence-electron chi connectivity index (χ0n) is 18.4. The number of primary sulfonamides is 1. The van der Waals surface area contributed by atoms with Crippen LogP contribution in [0, 0.1) is 0 Å². The molecule has 3 rings (SSSR count). The smallest absolute Gasteiger partial charge is 0.490 e. The number of nitrogens with one attached hydrogen (secondary N) is 1. The zero-order valence-corrected chi connectivity index (χ0v) is 20.1. The molecule has 2 heterocycles. The SMILES string of the molecule is COc1cc(-c2ccc(S(=O)(=O)CC(N)OC(=O)C(F)(F)F)c(S(N)(=O)=O)c2-c2nn[nH]n2)cnc1N. The van der Waals surface area contributed by atoms with Crippen molar-refractivity contribution in [1.82, 2.24) is 25.6 Å². The fourth-order valence-electron chi connectivity index (χ4n) is 3.13. The molecule has 20 heteroatoms. The van der Waals surface area contributed by atoms with Gasteiger partial charge in [0.2, 0.25) is 15.8 Å². The first-order valence-corrected chi connectivity index (χ1v) is 12.8. The van der Waals surface area contributed by atoms with Gasteiger partial charge >= 0.3 is 12.1 Å². The van der Waals surface area contributed by atoms with E-state index in [4.69, 9.17) is 21.3 Å². The monoisotopic (exact) mass is 566 g/mol. The highest BCUT2D eigenvalue weighted by Crippen LogP contribution is 2.40. The first-order valence-electron chi connectivity index (χ1n) is 9.56. The Hall–Kier alpha value is -3.88. The number of halogens is 3. The van der Waals surface area contributed by atoms with Crippen molar-refractivity contribution >= 4 is 31.6 Å². The summed E-state index contributed by atoms with van der Waals surface area (Å²) in [4.78, 5) is 12.9. The van der Waals surface area contributed by atoms with E-state index in [1.807, 2.05) is 0 Å². The van der Waals surface area contributed by atoms with Gasteiger partial charge in [-0.15, -0.1) is 10.2 Å². The third-order valence-corrected chi connectivity index (χ3v) is 7.50. The van der Waals surface area contributed by atoms with Gasteiger partial charge in [-0.05, 0) is 22.9 Å². The number of nitrogen functional groups attached to an aromatic ring is 1. The maximum absolute atomic E-state index is 13.1. The van der Waals surface area contributed by atoms with Crippen molar-refractivity contribution in [2.75, 3.05) is 18.6 Å². The lowest BCUT2D eigenvalue weighted by atomic mass is 10.00. The minimum Gasteiger partial charge on any atom is -0.493 e. The molecule has 0 aliphatic rings. The number of esters is 1. The van der Waals surface area contributed by atoms with E-state index in [0.717, 1.165) is 12.1 Å². The molecule has 0 aliphatic heterocycles. The second kappa shape index (κ2) is 9.88. The normalized spacial score (nSPS) is 13.2. The summed E-state index contributed by atoms with van der Waals surface area (Å²) in [5, 5.41) is 18.2. The number of carbonyl (C=O) groups excluding carboxylic acids is 1. The van der Waals surface area contributed by atoms with E-state index in [1.54, 1.807) is 0 Å². The van der Waals surface area contributed by atoms with Crippen molar-refractivity contribution in [2.24, 2.45) is 10.9 Å². The molecule has 1 unspecified atom stereocenters. The molecule has 7 N–H and O–H groups in total. The van der Waals surface area contributed by atoms with Crippen LogP contribution in [0.1, 0.15) is 0 Å². The van der Waals surface area contributed by atoms with Gasteiger partial charge in [0.25, 0.3) is 0 Å². The molecule has 3 aromatic rings. The van der Waals surface area contributed by atoms with Crippen molar-refractivity contribution in [3.63, 3.8) is 0 Å². The Morgan fingerprint density at radius 1 is 1.22 bits per heavy atom. The molecule has 1 atom stereocenters. The van der Waals surface area contributed by atoms with Gasteiger partial charge in [-0.2, -0.15) is 18.4 Å². The average Bonchev–Trinajstić information content (AvgIpc) is 3.31. The number of alkyl halides is 3. The minimum absolute atomic E-state index is 0.0111. The number of H-pyrrole nitrogens is 1. The molecule has 0 radical (unpaired) electrons. The fourth-order valence-corrected chi connectivity index (χ4v) is 6.04. The summed E-state index contributed by atoms with van der Waals surface area (Å²) in [6.45, 7) is 0. The Morgan fingerprint density at radius 3 is 2.43 bits per heavy atom. The molecule has 200 valence electrons. The molecule has 0 spiro atoms. The molecule has 0 saturated carbocycles. The molecular weight excluding hydrogens is 549 g/mol. The van der Waals surface area contributed by atoms with Crippen LogP contribution in [0.25, 0.3) is 22.5 Å². The van der Waals surface area contributed by atoms with Crippen LogP contribution in [-0.2, 0) is 29.4 Å². The molecule has 0 fully saturated rings. The summed E-state index contributed by atoms with van der Waals surface area (Å²) < 4.78 is 97.9. The number of benzene rings is 1. The van der Waals surface area contributed by atoms with E-state index in [9.17, 15) is 34.8 Å². The number of tetrazole rings is 1. The number of nitrogens with two attached hydrogens (primary N) is 3. The molecule has 0 aliphatic carbocycles. The van der Waals surface area contributed by atoms with Gasteiger partial charge in [0.1, 0.15) is 10.6 Å². The Morgan fingerprint density at radius 2 is 1.89 bits per heavy atom. The van der Waals surface area contributed by atoms with Crippen molar-refractivity contribution in [3.05, 3.63) is 24.4 Å². The minimum atomic E-state index is -5.45. The number of pyridine rings is 1. The van der Waals surface area contributed by atoms with Crippen LogP contribution in [0.5, 0.6) is 5.75 Å². The molecule has 37 heavy (non-hydrogen) atoms. The predicted molar refractivity (Wildman–Crippen MR) is 117 cm³/mol. The number of ether oxygens (including phenoxy) is 2. The highest BCUT2D eigenvalue weighted by molar-refractivity contribution is 7.93. The maximum atomic E-state index is 13.1. The third kappa shape index (κ3) is 5.93. The Kier molecular flexibility index (Phi) is 7.40. The number of aromatic nitrogens is 5. The number of rotatable bonds is 8. The van der Waals surface area contributed by atoms with Crippen LogP contribution in [0.15, 0.2) is 34.2 Å². The van der Waals surface area contributed by atoms with E-state index < -0.39 is 65.2 Å². The fraction of sp³-hybridized carbons (Fsp3) is 0.235. The molecule has 1 aromatic carbocycles. The number of carbonyl (C=O) groups is 1. The van der Waals surface area contributed by atoms with E-state index >= 15 is 0 Å². The van der Waals surface area contributed by atoms with Crippen LogP contribution < -0.4 is 21.3 Å². The summed E-state index contributed by atoms with van der Waals surface area (Å²) in [6.07, 6.45) is -6.55. The first kappa shape index (κ1) is 27.7. The van der Waals surface area contributed by atoms with Crippen LogP contribution in [-0.4, -0.2) is 73.7 Å². The van der Waals surface area contributed by atoms with E-state index in [1.165, 1.54) is 19.4 Å². The van der Waals surface area contributed by atoms with E-state index in [2.05, 4.69) is 30.3 Å². The lowest BCUT2D eigenvalue weighted by molar-refractivity contribution is -0.203. The van der Waals surface area contributed by atoms with Crippen molar-refractivity contribution < 1.29 is 44.3 Å². The summed E-state index contributed by atoms with van der Waals surface area (Å²) in [7, 11) is -8.50. The summed E-state index contributed by atoms with van der Waals surface area (Å²) in [5.74, 6) is -4.52. The second-order valence-corrected chi connectivity index (χ2v) is 10.6. The molecule has 2 aromatic heterocycles. The standard InChI is InChI=1S/C17H17F3N8O7S2/c1-34-9-4-7(5-24-14(9)22)8-2-3-10(13(37(23,32)33)12(8)15-25-27-28-26-15)36(30,31)6-11(21)35-16(29)17(18,19)20/h2-5,11H,6,21H2,1H3,(H2,22,24)(H2,23,32,33)(H,25,26,27,28). The number of hydrogen-bond donors (Lipinski definition) is 4. The van der Waals surface area contributed by atoms with Gasteiger partial charge in [0, 0.05) is 11.8 Å². The number of anilines is 1. The van der Waals surface area contributed by atoms with Crippen molar-refractivity contribution in [3.8, 4) is 28.3 Å². The van der Waals surface area contributed by atoms with E-state index in [-0.39, 0.29) is 22.7 Å². The second-order valence-electron chi connectivity index (χ2n) is 7.13. The van der Waals surface area contributed by atoms with Gasteiger partial charge in [0.05, 0.1) is 17.6 Å². The Bertz CT molecular complexity index is 1550. The number of aromatic amines is 1. The zero-order chi connectivity index (χ0) is 27.8. The molecule has 0 bridgehead atoms. The number of hydrogen-bond acceptors (Lipinski definition) is 13. The van der Waals surface area contributed by atoms with Gasteiger partial charge in [-0.3, -0.25) is 5.73 Å². The summed E-state index contributed by atoms with van der Waals surface area (Å²) >= 11 is 0. The highest BCUT2D eigenvalue weighted by atomic mass is 32.2. The number of methoxy groups -OCH3 is 1. The molecule has 0 saturated heterocycles. The predicted octanol–water partition coefficient (Wildman–Crippen LogP) is -0.669. The van der Waals surface area contributed by atoms with E-state index in [0.29, 0.717) is 0 Å². The lowest BCUT2D eigenvalue weighted by Gasteiger charge is -2.18. The Labute approximate surface area is 206 Å². The quantitative estimate of drug-likeness (QED) is 0.195. The first-order chi connectivity index (χ1) is 17.1. The van der Waals surface area contributed by atoms with Crippen molar-refractivity contribution in [1.29, 1.82) is 0 Å². The van der Waals surface area contributed by atoms with Crippen LogP contribution in [0.4, 0.5) is 19.0 Å². The highest BCUT2D eigenvalue weighted by Gasteiger charge is 2.43. The van der Waals surface area contributed by atoms with Crippen molar-refractivity contribution in [2.45, 2.75) is 22.2 Å². The lowest BCUT2D eigenvalue weighted by Crippen LogP contribution is -2.39. The maximum Gasteiger partial charge on any atom is 0.490 e.